The van der Waals surface area contributed by atoms with Crippen LogP contribution in [0.25, 0.3) is 0 Å². The van der Waals surface area contributed by atoms with Crippen molar-refractivity contribution in [2.75, 3.05) is 7.05 Å². The lowest BCUT2D eigenvalue weighted by Crippen LogP contribution is -2.22. The largest absolute Gasteiger partial charge is 0.308 e. The van der Waals surface area contributed by atoms with Crippen LogP contribution in [-0.2, 0) is 0 Å². The van der Waals surface area contributed by atoms with E-state index in [4.69, 9.17) is 0 Å². The lowest BCUT2D eigenvalue weighted by molar-refractivity contribution is 0.542. The molecule has 0 saturated heterocycles. The summed E-state index contributed by atoms with van der Waals surface area (Å²) in [7, 11) is 1.74. The Morgan fingerprint density at radius 2 is 2.27 bits per heavy atom. The van der Waals surface area contributed by atoms with Crippen molar-refractivity contribution in [1.29, 1.82) is 0 Å². The Bertz CT molecular complexity index is 226. The number of allylic oxidation sites excluding steroid dienone is 4. The number of likely N-dealkylation sites (N-methyl/N-ethyl adjacent to an activating group) is 1. The molecule has 1 aliphatic rings. The summed E-state index contributed by atoms with van der Waals surface area (Å²) in [4.78, 5) is 0. The minimum atomic E-state index is -0.260. The summed E-state index contributed by atoms with van der Waals surface area (Å²) in [6.07, 6.45) is 7.08. The van der Waals surface area contributed by atoms with Gasteiger partial charge in [0.2, 0.25) is 0 Å². The van der Waals surface area contributed by atoms with Gasteiger partial charge in [0.15, 0.2) is 0 Å². The average molecular weight is 153 g/mol. The second-order valence-corrected chi connectivity index (χ2v) is 2.59. The molecule has 11 heavy (non-hydrogen) atoms. The normalized spacial score (nSPS) is 24.1. The van der Waals surface area contributed by atoms with Crippen LogP contribution in [0.4, 0.5) is 4.39 Å². The second-order valence-electron chi connectivity index (χ2n) is 2.59. The molecule has 1 nitrogen and oxygen atoms in total. The molecule has 0 fully saturated rings. The average Bonchev–Trinajstić information content (AvgIpc) is 2.11. The molecule has 0 radical (unpaired) electrons. The van der Waals surface area contributed by atoms with E-state index < -0.39 is 0 Å². The van der Waals surface area contributed by atoms with Crippen molar-refractivity contribution in [1.82, 2.24) is 5.32 Å². The Morgan fingerprint density at radius 3 is 2.91 bits per heavy atom. The van der Waals surface area contributed by atoms with Gasteiger partial charge in [-0.25, -0.2) is 4.39 Å². The highest BCUT2D eigenvalue weighted by atomic mass is 19.1. The summed E-state index contributed by atoms with van der Waals surface area (Å²) in [5.74, 6) is -0.130. The van der Waals surface area contributed by atoms with Gasteiger partial charge in [0.25, 0.3) is 0 Å². The molecule has 1 N–H and O–H groups in total. The van der Waals surface area contributed by atoms with E-state index in [1.165, 1.54) is 0 Å². The highest BCUT2D eigenvalue weighted by Crippen LogP contribution is 2.12. The van der Waals surface area contributed by atoms with Crippen LogP contribution in [0, 0.1) is 0 Å². The van der Waals surface area contributed by atoms with Gasteiger partial charge in [-0.1, -0.05) is 18.2 Å². The number of nitrogens with one attached hydrogen (secondary N) is 1. The maximum absolute atomic E-state index is 13.1. The first-order chi connectivity index (χ1) is 5.24. The molecule has 1 aliphatic carbocycles. The fourth-order valence-corrected chi connectivity index (χ4v) is 1.000. The van der Waals surface area contributed by atoms with Crippen LogP contribution in [0.5, 0.6) is 0 Å². The molecule has 0 aromatic rings. The standard InChI is InChI=1S/C9H12FN/c1-7-4-3-5-9(11-2)8(10)6-7/h3-6,9,11H,1-2H3. The number of halogens is 1. The number of rotatable bonds is 1. The van der Waals surface area contributed by atoms with E-state index in [2.05, 4.69) is 5.32 Å². The van der Waals surface area contributed by atoms with E-state index in [-0.39, 0.29) is 11.9 Å². The van der Waals surface area contributed by atoms with Gasteiger partial charge in [0.05, 0.1) is 6.04 Å². The maximum atomic E-state index is 13.1. The molecule has 1 atom stereocenters. The van der Waals surface area contributed by atoms with Crippen LogP contribution in [0.1, 0.15) is 6.92 Å². The zero-order valence-corrected chi connectivity index (χ0v) is 6.76. The Balaban J connectivity index is 2.85. The van der Waals surface area contributed by atoms with Gasteiger partial charge < -0.3 is 5.32 Å². The summed E-state index contributed by atoms with van der Waals surface area (Å²) in [6.45, 7) is 1.88. The van der Waals surface area contributed by atoms with Gasteiger partial charge in [-0.15, -0.1) is 0 Å². The molecule has 0 saturated carbocycles. The number of hydrogen-bond acceptors (Lipinski definition) is 1. The van der Waals surface area contributed by atoms with Crippen molar-refractivity contribution in [3.63, 3.8) is 0 Å². The zero-order chi connectivity index (χ0) is 8.27. The second kappa shape index (κ2) is 3.49. The van der Waals surface area contributed by atoms with Crippen molar-refractivity contribution in [2.24, 2.45) is 0 Å². The predicted molar refractivity (Wildman–Crippen MR) is 44.9 cm³/mol. The van der Waals surface area contributed by atoms with Crippen LogP contribution >= 0.6 is 0 Å². The molecule has 1 unspecified atom stereocenters. The van der Waals surface area contributed by atoms with Crippen LogP contribution in [0.15, 0.2) is 35.7 Å². The maximum Gasteiger partial charge on any atom is 0.121 e. The van der Waals surface area contributed by atoms with Gasteiger partial charge >= 0.3 is 0 Å². The third-order valence-electron chi connectivity index (χ3n) is 1.64. The fourth-order valence-electron chi connectivity index (χ4n) is 1.000. The quantitative estimate of drug-likeness (QED) is 0.607. The van der Waals surface area contributed by atoms with E-state index in [1.807, 2.05) is 19.1 Å². The van der Waals surface area contributed by atoms with E-state index in [0.717, 1.165) is 5.57 Å². The predicted octanol–water partition coefficient (Wildman–Crippen LogP) is 1.94. The Labute approximate surface area is 66.3 Å². The van der Waals surface area contributed by atoms with Crippen molar-refractivity contribution < 1.29 is 4.39 Å². The zero-order valence-electron chi connectivity index (χ0n) is 6.76. The molecule has 60 valence electrons. The summed E-state index contributed by atoms with van der Waals surface area (Å²) >= 11 is 0. The van der Waals surface area contributed by atoms with Crippen LogP contribution in [0.2, 0.25) is 0 Å². The molecule has 0 aromatic carbocycles. The van der Waals surface area contributed by atoms with Crippen LogP contribution in [0.3, 0.4) is 0 Å². The van der Waals surface area contributed by atoms with Crippen molar-refractivity contribution in [3.05, 3.63) is 35.7 Å². The summed E-state index contributed by atoms with van der Waals surface area (Å²) < 4.78 is 13.1. The molecule has 0 bridgehead atoms. The van der Waals surface area contributed by atoms with Crippen LogP contribution in [-0.4, -0.2) is 13.1 Å². The van der Waals surface area contributed by atoms with Gasteiger partial charge in [-0.3, -0.25) is 0 Å². The van der Waals surface area contributed by atoms with E-state index in [1.54, 1.807) is 19.2 Å². The summed E-state index contributed by atoms with van der Waals surface area (Å²) in [6, 6.07) is -0.260. The highest BCUT2D eigenvalue weighted by Gasteiger charge is 2.08. The third kappa shape index (κ3) is 2.02. The molecule has 0 aliphatic heterocycles. The van der Waals surface area contributed by atoms with Gasteiger partial charge in [0, 0.05) is 0 Å². The van der Waals surface area contributed by atoms with Gasteiger partial charge in [-0.2, -0.15) is 0 Å². The first-order valence-electron chi connectivity index (χ1n) is 3.63. The monoisotopic (exact) mass is 153 g/mol. The highest BCUT2D eigenvalue weighted by molar-refractivity contribution is 5.31. The van der Waals surface area contributed by atoms with Crippen molar-refractivity contribution >= 4 is 0 Å². The Hall–Kier alpha value is -0.890. The van der Waals surface area contributed by atoms with Crippen molar-refractivity contribution in [2.45, 2.75) is 13.0 Å². The fraction of sp³-hybridized carbons (Fsp3) is 0.333. The molecule has 0 amide bonds. The minimum absolute atomic E-state index is 0.130. The Kier molecular flexibility index (Phi) is 2.60. The molecule has 1 rings (SSSR count). The molecular formula is C9H12FN. The summed E-state index contributed by atoms with van der Waals surface area (Å²) in [5, 5.41) is 2.85. The SMILES string of the molecule is CNC1C=CC=C(C)C=C1F. The van der Waals surface area contributed by atoms with E-state index >= 15 is 0 Å². The first-order valence-corrected chi connectivity index (χ1v) is 3.63. The molecule has 0 aromatic heterocycles. The van der Waals surface area contributed by atoms with Gasteiger partial charge in [0.1, 0.15) is 5.83 Å². The van der Waals surface area contributed by atoms with Crippen LogP contribution < -0.4 is 5.32 Å². The topological polar surface area (TPSA) is 12.0 Å². The van der Waals surface area contributed by atoms with E-state index in [9.17, 15) is 4.39 Å². The first kappa shape index (κ1) is 8.21. The molecule has 0 heterocycles. The number of hydrogen-bond donors (Lipinski definition) is 1. The molecule has 0 spiro atoms. The van der Waals surface area contributed by atoms with Crippen molar-refractivity contribution in [3.8, 4) is 0 Å². The minimum Gasteiger partial charge on any atom is -0.308 e. The van der Waals surface area contributed by atoms with E-state index in [0.29, 0.717) is 0 Å². The lowest BCUT2D eigenvalue weighted by Gasteiger charge is -2.06. The molecule has 2 heteroatoms. The Morgan fingerprint density at radius 1 is 1.55 bits per heavy atom. The summed E-state index contributed by atoms with van der Waals surface area (Å²) in [5.41, 5.74) is 0.941. The molecular weight excluding hydrogens is 141 g/mol. The smallest absolute Gasteiger partial charge is 0.121 e. The lowest BCUT2D eigenvalue weighted by atomic mass is 10.2. The van der Waals surface area contributed by atoms with Gasteiger partial charge in [-0.05, 0) is 25.6 Å². The third-order valence-corrected chi connectivity index (χ3v) is 1.64.